The Kier molecular flexibility index (Phi) is 2.70. The first kappa shape index (κ1) is 11.9. The van der Waals surface area contributed by atoms with E-state index in [1.807, 2.05) is 22.9 Å². The smallest absolute Gasteiger partial charge is 0.234 e. The zero-order chi connectivity index (χ0) is 13.5. The molecule has 2 aromatic heterocycles. The van der Waals surface area contributed by atoms with Crippen LogP contribution in [0.5, 0.6) is 0 Å². The van der Waals surface area contributed by atoms with E-state index in [-0.39, 0.29) is 11.8 Å². The second-order valence-electron chi connectivity index (χ2n) is 5.58. The minimum absolute atomic E-state index is 0.223. The monoisotopic (exact) mass is 267 g/mol. The molecule has 0 amide bonds. The maximum atomic E-state index is 12.4. The molecule has 2 aromatic rings. The molecule has 0 spiro atoms. The van der Waals surface area contributed by atoms with E-state index < -0.39 is 0 Å². The summed E-state index contributed by atoms with van der Waals surface area (Å²) in [6, 6.07) is 3.90. The SMILES string of the molecule is O=C(C1CC1)n1cc(C2=CCNCC2)c2ncccc21. The molecule has 4 heteroatoms. The van der Waals surface area contributed by atoms with Crippen molar-refractivity contribution in [3.05, 3.63) is 36.2 Å². The molecule has 2 aliphatic rings. The Hall–Kier alpha value is -1.94. The molecule has 1 aliphatic carbocycles. The van der Waals surface area contributed by atoms with Crippen molar-refractivity contribution in [2.24, 2.45) is 5.92 Å². The van der Waals surface area contributed by atoms with Crippen LogP contribution in [0.4, 0.5) is 0 Å². The van der Waals surface area contributed by atoms with Crippen molar-refractivity contribution in [1.29, 1.82) is 0 Å². The molecule has 20 heavy (non-hydrogen) atoms. The summed E-state index contributed by atoms with van der Waals surface area (Å²) in [7, 11) is 0. The summed E-state index contributed by atoms with van der Waals surface area (Å²) in [5, 5.41) is 3.32. The Morgan fingerprint density at radius 2 is 2.30 bits per heavy atom. The standard InChI is InChI=1S/C16H17N3O/c20-16(12-3-4-12)19-10-13(11-5-8-17-9-6-11)15-14(19)2-1-7-18-15/h1-2,5,7,10,12,17H,3-4,6,8-9H2. The molecule has 0 saturated heterocycles. The summed E-state index contributed by atoms with van der Waals surface area (Å²) in [5.74, 6) is 0.449. The van der Waals surface area contributed by atoms with Gasteiger partial charge in [-0.3, -0.25) is 14.3 Å². The highest BCUT2D eigenvalue weighted by molar-refractivity contribution is 5.98. The van der Waals surface area contributed by atoms with Gasteiger partial charge in [-0.25, -0.2) is 0 Å². The second kappa shape index (κ2) is 4.56. The summed E-state index contributed by atoms with van der Waals surface area (Å²) in [4.78, 5) is 16.9. The van der Waals surface area contributed by atoms with Gasteiger partial charge in [0.25, 0.3) is 0 Å². The lowest BCUT2D eigenvalue weighted by molar-refractivity contribution is 0.0891. The summed E-state index contributed by atoms with van der Waals surface area (Å²) < 4.78 is 1.82. The fraction of sp³-hybridized carbons (Fsp3) is 0.375. The van der Waals surface area contributed by atoms with Gasteiger partial charge in [0.15, 0.2) is 0 Å². The number of hydrogen-bond acceptors (Lipinski definition) is 3. The number of rotatable bonds is 2. The average molecular weight is 267 g/mol. The Bertz CT molecular complexity index is 710. The zero-order valence-corrected chi connectivity index (χ0v) is 11.3. The number of nitrogens with one attached hydrogen (secondary N) is 1. The molecule has 102 valence electrons. The predicted octanol–water partition coefficient (Wildman–Crippen LogP) is 2.46. The number of aromatic nitrogens is 2. The van der Waals surface area contributed by atoms with E-state index in [1.54, 1.807) is 6.20 Å². The summed E-state index contributed by atoms with van der Waals surface area (Å²) in [6.07, 6.45) is 9.06. The number of hydrogen-bond donors (Lipinski definition) is 1. The Morgan fingerprint density at radius 1 is 1.40 bits per heavy atom. The van der Waals surface area contributed by atoms with Crippen LogP contribution in [0.2, 0.25) is 0 Å². The van der Waals surface area contributed by atoms with Crippen LogP contribution in [-0.4, -0.2) is 28.5 Å². The molecule has 0 bridgehead atoms. The normalized spacial score (nSPS) is 19.1. The van der Waals surface area contributed by atoms with Crippen LogP contribution in [-0.2, 0) is 0 Å². The topological polar surface area (TPSA) is 46.9 Å². The van der Waals surface area contributed by atoms with E-state index >= 15 is 0 Å². The van der Waals surface area contributed by atoms with E-state index in [0.717, 1.165) is 48.9 Å². The van der Waals surface area contributed by atoms with E-state index in [4.69, 9.17) is 0 Å². The van der Waals surface area contributed by atoms with Crippen molar-refractivity contribution < 1.29 is 4.79 Å². The van der Waals surface area contributed by atoms with E-state index in [9.17, 15) is 4.79 Å². The molecule has 0 atom stereocenters. The van der Waals surface area contributed by atoms with Gasteiger partial charge in [-0.1, -0.05) is 6.08 Å². The molecule has 4 rings (SSSR count). The third-order valence-electron chi connectivity index (χ3n) is 4.13. The molecular formula is C16H17N3O. The molecule has 1 saturated carbocycles. The lowest BCUT2D eigenvalue weighted by Gasteiger charge is -2.12. The van der Waals surface area contributed by atoms with Crippen LogP contribution in [0.1, 0.15) is 29.6 Å². The summed E-state index contributed by atoms with van der Waals surface area (Å²) in [5.41, 5.74) is 4.32. The van der Waals surface area contributed by atoms with Crippen molar-refractivity contribution in [2.75, 3.05) is 13.1 Å². The van der Waals surface area contributed by atoms with Gasteiger partial charge >= 0.3 is 0 Å². The molecule has 0 aromatic carbocycles. The zero-order valence-electron chi connectivity index (χ0n) is 11.3. The Balaban J connectivity index is 1.88. The lowest BCUT2D eigenvalue weighted by Crippen LogP contribution is -2.20. The van der Waals surface area contributed by atoms with Crippen LogP contribution in [0.15, 0.2) is 30.6 Å². The van der Waals surface area contributed by atoms with Crippen molar-refractivity contribution >= 4 is 22.5 Å². The number of fused-ring (bicyclic) bond motifs is 1. The highest BCUT2D eigenvalue weighted by Gasteiger charge is 2.32. The fourth-order valence-electron chi connectivity index (χ4n) is 2.87. The van der Waals surface area contributed by atoms with Crippen LogP contribution >= 0.6 is 0 Å². The molecule has 1 fully saturated rings. The summed E-state index contributed by atoms with van der Waals surface area (Å²) >= 11 is 0. The van der Waals surface area contributed by atoms with Crippen molar-refractivity contribution in [2.45, 2.75) is 19.3 Å². The van der Waals surface area contributed by atoms with Gasteiger partial charge in [0.05, 0.1) is 11.0 Å². The first-order chi connectivity index (χ1) is 9.84. The van der Waals surface area contributed by atoms with Crippen molar-refractivity contribution in [1.82, 2.24) is 14.9 Å². The first-order valence-electron chi connectivity index (χ1n) is 7.25. The predicted molar refractivity (Wildman–Crippen MR) is 78.5 cm³/mol. The molecular weight excluding hydrogens is 250 g/mol. The first-order valence-corrected chi connectivity index (χ1v) is 7.25. The third-order valence-corrected chi connectivity index (χ3v) is 4.13. The van der Waals surface area contributed by atoms with Crippen LogP contribution in [0.25, 0.3) is 16.6 Å². The van der Waals surface area contributed by atoms with E-state index in [1.165, 1.54) is 5.57 Å². The minimum atomic E-state index is 0.223. The van der Waals surface area contributed by atoms with Crippen molar-refractivity contribution in [3.8, 4) is 0 Å². The van der Waals surface area contributed by atoms with Gasteiger partial charge < -0.3 is 5.32 Å². The van der Waals surface area contributed by atoms with Gasteiger partial charge in [-0.2, -0.15) is 0 Å². The van der Waals surface area contributed by atoms with Gasteiger partial charge in [0.1, 0.15) is 0 Å². The largest absolute Gasteiger partial charge is 0.313 e. The molecule has 0 radical (unpaired) electrons. The van der Waals surface area contributed by atoms with Gasteiger partial charge in [-0.15, -0.1) is 0 Å². The number of carbonyl (C=O) groups excluding carboxylic acids is 1. The highest BCUT2D eigenvalue weighted by atomic mass is 16.2. The second-order valence-corrected chi connectivity index (χ2v) is 5.58. The van der Waals surface area contributed by atoms with Gasteiger partial charge in [0.2, 0.25) is 5.91 Å². The summed E-state index contributed by atoms with van der Waals surface area (Å²) in [6.45, 7) is 1.88. The van der Waals surface area contributed by atoms with E-state index in [2.05, 4.69) is 16.4 Å². The fourth-order valence-corrected chi connectivity index (χ4v) is 2.87. The average Bonchev–Trinajstić information content (AvgIpc) is 3.28. The van der Waals surface area contributed by atoms with Gasteiger partial charge in [0, 0.05) is 30.4 Å². The Labute approximate surface area is 117 Å². The molecule has 3 heterocycles. The third kappa shape index (κ3) is 1.88. The Morgan fingerprint density at radius 3 is 3.05 bits per heavy atom. The molecule has 1 N–H and O–H groups in total. The number of pyridine rings is 1. The molecule has 0 unspecified atom stereocenters. The van der Waals surface area contributed by atoms with Crippen LogP contribution < -0.4 is 5.32 Å². The maximum absolute atomic E-state index is 12.4. The lowest BCUT2D eigenvalue weighted by atomic mass is 10.0. The molecule has 4 nitrogen and oxygen atoms in total. The molecule has 1 aliphatic heterocycles. The maximum Gasteiger partial charge on any atom is 0.234 e. The number of carbonyl (C=O) groups is 1. The quantitative estimate of drug-likeness (QED) is 0.909. The van der Waals surface area contributed by atoms with E-state index in [0.29, 0.717) is 0 Å². The highest BCUT2D eigenvalue weighted by Crippen LogP contribution is 2.34. The van der Waals surface area contributed by atoms with Crippen molar-refractivity contribution in [3.63, 3.8) is 0 Å². The minimum Gasteiger partial charge on any atom is -0.313 e. The number of nitrogens with zero attached hydrogens (tertiary/aromatic N) is 2. The van der Waals surface area contributed by atoms with Crippen LogP contribution in [0, 0.1) is 5.92 Å². The van der Waals surface area contributed by atoms with Crippen LogP contribution in [0.3, 0.4) is 0 Å². The van der Waals surface area contributed by atoms with Gasteiger partial charge in [-0.05, 0) is 43.5 Å².